The Kier molecular flexibility index (Phi) is 12.6. The highest BCUT2D eigenvalue weighted by Crippen LogP contribution is 2.19. The summed E-state index contributed by atoms with van der Waals surface area (Å²) >= 11 is 1.72. The number of aliphatic hydroxyl groups excluding tert-OH is 1. The van der Waals surface area contributed by atoms with Crippen molar-refractivity contribution in [2.24, 2.45) is 0 Å². The van der Waals surface area contributed by atoms with E-state index in [9.17, 15) is 0 Å². The average Bonchev–Trinajstić information content (AvgIpc) is 2.56. The van der Waals surface area contributed by atoms with E-state index in [-0.39, 0.29) is 6.61 Å². The molecule has 0 radical (unpaired) electrons. The summed E-state index contributed by atoms with van der Waals surface area (Å²) in [6.45, 7) is 2.53. The Labute approximate surface area is 141 Å². The van der Waals surface area contributed by atoms with Crippen molar-refractivity contribution in [2.45, 2.75) is 82.4 Å². The van der Waals surface area contributed by atoms with Gasteiger partial charge in [-0.2, -0.15) is 0 Å². The molecule has 0 spiro atoms. The van der Waals surface area contributed by atoms with Crippen LogP contribution in [-0.2, 0) is 6.42 Å². The highest BCUT2D eigenvalue weighted by atomic mass is 32.2. The van der Waals surface area contributed by atoms with Crippen LogP contribution >= 0.6 is 11.8 Å². The minimum atomic E-state index is 0.255. The molecule has 0 atom stereocenters. The number of aliphatic hydroxyl groups is 1. The summed E-state index contributed by atoms with van der Waals surface area (Å²) in [5.74, 6) is 0.789. The third-order valence-corrected chi connectivity index (χ3v) is 5.09. The molecule has 0 aromatic heterocycles. The van der Waals surface area contributed by atoms with Crippen LogP contribution in [0.3, 0.4) is 0 Å². The molecule has 22 heavy (non-hydrogen) atoms. The second-order valence-corrected chi connectivity index (χ2v) is 7.32. The second-order valence-electron chi connectivity index (χ2n) is 6.15. The van der Waals surface area contributed by atoms with Gasteiger partial charge in [-0.05, 0) is 30.5 Å². The van der Waals surface area contributed by atoms with E-state index < -0.39 is 0 Å². The number of hydrogen-bond acceptors (Lipinski definition) is 2. The van der Waals surface area contributed by atoms with Gasteiger partial charge in [-0.1, -0.05) is 76.8 Å². The minimum Gasteiger partial charge on any atom is -0.396 e. The zero-order valence-electron chi connectivity index (χ0n) is 14.4. The summed E-state index contributed by atoms with van der Waals surface area (Å²) < 4.78 is 0. The summed E-state index contributed by atoms with van der Waals surface area (Å²) in [5, 5.41) is 8.82. The molecule has 1 aromatic carbocycles. The number of benzene rings is 1. The van der Waals surface area contributed by atoms with Crippen molar-refractivity contribution in [2.75, 3.05) is 12.4 Å². The fraction of sp³-hybridized carbons (Fsp3) is 0.700. The van der Waals surface area contributed by atoms with E-state index >= 15 is 0 Å². The maximum atomic E-state index is 8.82. The van der Waals surface area contributed by atoms with E-state index in [1.165, 1.54) is 81.1 Å². The van der Waals surface area contributed by atoms with Crippen LogP contribution in [0, 0.1) is 0 Å². The van der Waals surface area contributed by atoms with Gasteiger partial charge in [0.2, 0.25) is 0 Å². The molecule has 1 nitrogen and oxygen atoms in total. The van der Waals surface area contributed by atoms with Crippen LogP contribution in [0.4, 0.5) is 0 Å². The summed E-state index contributed by atoms with van der Waals surface area (Å²) in [6.07, 6.45) is 15.2. The van der Waals surface area contributed by atoms with Crippen molar-refractivity contribution in [3.8, 4) is 0 Å². The van der Waals surface area contributed by atoms with Gasteiger partial charge < -0.3 is 5.11 Å². The van der Waals surface area contributed by atoms with Gasteiger partial charge in [0, 0.05) is 10.6 Å². The summed E-state index contributed by atoms with van der Waals surface area (Å²) in [6, 6.07) is 8.86. The van der Waals surface area contributed by atoms with E-state index in [0.29, 0.717) is 0 Å². The van der Waals surface area contributed by atoms with E-state index in [0.717, 1.165) is 5.75 Å². The summed E-state index contributed by atoms with van der Waals surface area (Å²) in [4.78, 5) is 1.26. The first kappa shape index (κ1) is 19.6. The molecule has 1 N–H and O–H groups in total. The van der Waals surface area contributed by atoms with Crippen LogP contribution < -0.4 is 0 Å². The molecule has 0 unspecified atom stereocenters. The highest BCUT2D eigenvalue weighted by molar-refractivity contribution is 7.99. The summed E-state index contributed by atoms with van der Waals surface area (Å²) in [7, 11) is 0. The van der Waals surface area contributed by atoms with Crippen molar-refractivity contribution < 1.29 is 5.11 Å². The quantitative estimate of drug-likeness (QED) is 0.323. The minimum absolute atomic E-state index is 0.255. The smallest absolute Gasteiger partial charge is 0.0525 e. The molecule has 2 heteroatoms. The lowest BCUT2D eigenvalue weighted by atomic mass is 10.0. The van der Waals surface area contributed by atoms with Crippen LogP contribution in [0.2, 0.25) is 0 Å². The van der Waals surface area contributed by atoms with E-state index in [4.69, 9.17) is 5.11 Å². The van der Waals surface area contributed by atoms with E-state index in [1.54, 1.807) is 11.8 Å². The maximum absolute atomic E-state index is 8.82. The normalized spacial score (nSPS) is 11.0. The van der Waals surface area contributed by atoms with Crippen LogP contribution in [-0.4, -0.2) is 17.5 Å². The monoisotopic (exact) mass is 322 g/mol. The molecule has 0 heterocycles. The first-order valence-corrected chi connectivity index (χ1v) is 10.2. The molecule has 0 aliphatic heterocycles. The van der Waals surface area contributed by atoms with Gasteiger partial charge in [-0.15, -0.1) is 11.8 Å². The molecule has 1 aromatic rings. The van der Waals surface area contributed by atoms with Crippen molar-refractivity contribution in [1.29, 1.82) is 0 Å². The Morgan fingerprint density at radius 1 is 0.773 bits per heavy atom. The van der Waals surface area contributed by atoms with Gasteiger partial charge in [0.15, 0.2) is 0 Å². The number of unbranched alkanes of at least 4 members (excludes halogenated alkanes) is 9. The third kappa shape index (κ3) is 10.3. The molecule has 0 amide bonds. The second kappa shape index (κ2) is 14.1. The lowest BCUT2D eigenvalue weighted by Crippen LogP contribution is -1.88. The highest BCUT2D eigenvalue weighted by Gasteiger charge is 1.97. The standard InChI is InChI=1S/C20H34OS/c1-2-3-4-5-6-7-8-9-10-11-12-19-13-15-20(16-14-19)22-18-17-21/h13-16,21H,2-12,17-18H2,1H3. The molecule has 1 rings (SSSR count). The van der Waals surface area contributed by atoms with Gasteiger partial charge in [0.05, 0.1) is 6.61 Å². The van der Waals surface area contributed by atoms with Gasteiger partial charge in [0.1, 0.15) is 0 Å². The first-order valence-electron chi connectivity index (χ1n) is 9.19. The van der Waals surface area contributed by atoms with Crippen molar-refractivity contribution in [3.05, 3.63) is 29.8 Å². The maximum Gasteiger partial charge on any atom is 0.0525 e. The van der Waals surface area contributed by atoms with E-state index in [1.807, 2.05) is 0 Å². The Balaban J connectivity index is 1.96. The van der Waals surface area contributed by atoms with Gasteiger partial charge in [-0.3, -0.25) is 0 Å². The van der Waals surface area contributed by atoms with Crippen molar-refractivity contribution in [1.82, 2.24) is 0 Å². The van der Waals surface area contributed by atoms with Crippen LogP contribution in [0.5, 0.6) is 0 Å². The Hall–Kier alpha value is -0.470. The van der Waals surface area contributed by atoms with Gasteiger partial charge in [0.25, 0.3) is 0 Å². The molecule has 0 bridgehead atoms. The average molecular weight is 323 g/mol. The Bertz CT molecular complexity index is 347. The molecular weight excluding hydrogens is 288 g/mol. The summed E-state index contributed by atoms with van der Waals surface area (Å²) in [5.41, 5.74) is 1.45. The van der Waals surface area contributed by atoms with Crippen molar-refractivity contribution in [3.63, 3.8) is 0 Å². The van der Waals surface area contributed by atoms with Crippen molar-refractivity contribution >= 4 is 11.8 Å². The zero-order chi connectivity index (χ0) is 15.9. The number of rotatable bonds is 14. The largest absolute Gasteiger partial charge is 0.396 e. The molecule has 0 saturated heterocycles. The lowest BCUT2D eigenvalue weighted by molar-refractivity contribution is 0.322. The van der Waals surface area contributed by atoms with E-state index in [2.05, 4.69) is 31.2 Å². The fourth-order valence-corrected chi connectivity index (χ4v) is 3.39. The Morgan fingerprint density at radius 3 is 1.86 bits per heavy atom. The molecular formula is C20H34OS. The number of hydrogen-bond donors (Lipinski definition) is 1. The topological polar surface area (TPSA) is 20.2 Å². The SMILES string of the molecule is CCCCCCCCCCCCc1ccc(SCCO)cc1. The van der Waals surface area contributed by atoms with Gasteiger partial charge >= 0.3 is 0 Å². The molecule has 126 valence electrons. The van der Waals surface area contributed by atoms with Crippen LogP contribution in [0.25, 0.3) is 0 Å². The Morgan fingerprint density at radius 2 is 1.32 bits per heavy atom. The van der Waals surface area contributed by atoms with Gasteiger partial charge in [-0.25, -0.2) is 0 Å². The first-order chi connectivity index (χ1) is 10.9. The third-order valence-electron chi connectivity index (χ3n) is 4.10. The number of aryl methyl sites for hydroxylation is 1. The number of thioether (sulfide) groups is 1. The zero-order valence-corrected chi connectivity index (χ0v) is 15.2. The predicted octanol–water partition coefficient (Wildman–Crippen LogP) is 6.23. The lowest BCUT2D eigenvalue weighted by Gasteiger charge is -2.04. The molecule has 0 saturated carbocycles. The molecule has 0 fully saturated rings. The molecule has 0 aliphatic rings. The molecule has 0 aliphatic carbocycles. The fourth-order valence-electron chi connectivity index (χ4n) is 2.73. The predicted molar refractivity (Wildman–Crippen MR) is 99.8 cm³/mol. The van der Waals surface area contributed by atoms with Crippen LogP contribution in [0.15, 0.2) is 29.2 Å². The van der Waals surface area contributed by atoms with Crippen LogP contribution in [0.1, 0.15) is 76.7 Å².